The van der Waals surface area contributed by atoms with Crippen molar-refractivity contribution < 1.29 is 9.90 Å². The number of rotatable bonds is 5. The van der Waals surface area contributed by atoms with Gasteiger partial charge in [0.2, 0.25) is 0 Å². The Labute approximate surface area is 97.3 Å². The minimum atomic E-state index is 0.214. The molecule has 0 aromatic heterocycles. The molecule has 0 saturated heterocycles. The number of carbonyl (C=O) groups excluding carboxylic acids is 1. The van der Waals surface area contributed by atoms with Crippen molar-refractivity contribution in [2.24, 2.45) is 0 Å². The van der Waals surface area contributed by atoms with Crippen molar-refractivity contribution in [1.29, 1.82) is 0 Å². The first-order chi connectivity index (χ1) is 7.54. The van der Waals surface area contributed by atoms with Crippen LogP contribution in [-0.2, 0) is 4.79 Å². The number of carbonyl (C=O) groups is 1. The molecule has 0 aliphatic rings. The molecule has 2 nitrogen and oxygen atoms in total. The van der Waals surface area contributed by atoms with Gasteiger partial charge in [-0.1, -0.05) is 24.6 Å². The van der Waals surface area contributed by atoms with E-state index in [1.165, 1.54) is 0 Å². The summed E-state index contributed by atoms with van der Waals surface area (Å²) in [7, 11) is 0. The monoisotopic (exact) mass is 220 g/mol. The van der Waals surface area contributed by atoms with Crippen LogP contribution in [0.2, 0.25) is 0 Å². The van der Waals surface area contributed by atoms with Crippen molar-refractivity contribution in [3.8, 4) is 5.75 Å². The van der Waals surface area contributed by atoms with E-state index in [1.54, 1.807) is 13.0 Å². The third-order valence-corrected chi connectivity index (χ3v) is 2.96. The average Bonchev–Trinajstić information content (AvgIpc) is 2.23. The molecule has 0 saturated carbocycles. The Morgan fingerprint density at radius 2 is 2.12 bits per heavy atom. The number of hydrogen-bond donors (Lipinski definition) is 1. The first kappa shape index (κ1) is 12.8. The molecule has 0 aliphatic carbocycles. The van der Waals surface area contributed by atoms with E-state index in [0.717, 1.165) is 24.0 Å². The standard InChI is InChI=1S/C14H20O2/c1-4-12(7-6-11(3)15)13-9-10(2)5-8-14(13)16/h5,8-9,12,16H,4,6-7H2,1-3H3. The summed E-state index contributed by atoms with van der Waals surface area (Å²) in [6.07, 6.45) is 2.36. The maximum absolute atomic E-state index is 11.0. The fourth-order valence-corrected chi connectivity index (χ4v) is 1.96. The summed E-state index contributed by atoms with van der Waals surface area (Å²) in [5, 5.41) is 9.82. The lowest BCUT2D eigenvalue weighted by atomic mass is 9.89. The predicted molar refractivity (Wildman–Crippen MR) is 65.8 cm³/mol. The fourth-order valence-electron chi connectivity index (χ4n) is 1.96. The van der Waals surface area contributed by atoms with Crippen LogP contribution in [0.3, 0.4) is 0 Å². The first-order valence-electron chi connectivity index (χ1n) is 5.83. The van der Waals surface area contributed by atoms with Gasteiger partial charge in [0.1, 0.15) is 11.5 Å². The fraction of sp³-hybridized carbons (Fsp3) is 0.500. The Morgan fingerprint density at radius 3 is 2.69 bits per heavy atom. The average molecular weight is 220 g/mol. The van der Waals surface area contributed by atoms with Crippen molar-refractivity contribution in [2.45, 2.75) is 46.0 Å². The summed E-state index contributed by atoms with van der Waals surface area (Å²) < 4.78 is 0. The molecule has 0 fully saturated rings. The molecular formula is C14H20O2. The van der Waals surface area contributed by atoms with Gasteiger partial charge in [0, 0.05) is 6.42 Å². The molecule has 0 amide bonds. The van der Waals surface area contributed by atoms with Crippen molar-refractivity contribution >= 4 is 5.78 Å². The van der Waals surface area contributed by atoms with Gasteiger partial charge in [0.15, 0.2) is 0 Å². The second-order valence-corrected chi connectivity index (χ2v) is 4.41. The maximum Gasteiger partial charge on any atom is 0.129 e. The van der Waals surface area contributed by atoms with Gasteiger partial charge in [0.25, 0.3) is 0 Å². The van der Waals surface area contributed by atoms with E-state index >= 15 is 0 Å². The van der Waals surface area contributed by atoms with Gasteiger partial charge in [-0.05, 0) is 44.2 Å². The molecule has 0 radical (unpaired) electrons. The molecule has 1 rings (SSSR count). The number of phenolic OH excluding ortho intramolecular Hbond substituents is 1. The van der Waals surface area contributed by atoms with E-state index in [1.807, 2.05) is 19.1 Å². The first-order valence-corrected chi connectivity index (χ1v) is 5.83. The Balaban J connectivity index is 2.85. The molecule has 2 heteroatoms. The third-order valence-electron chi connectivity index (χ3n) is 2.96. The van der Waals surface area contributed by atoms with Gasteiger partial charge in [-0.3, -0.25) is 0 Å². The molecule has 1 aromatic carbocycles. The smallest absolute Gasteiger partial charge is 0.129 e. The highest BCUT2D eigenvalue weighted by molar-refractivity contribution is 5.75. The van der Waals surface area contributed by atoms with Crippen molar-refractivity contribution in [3.05, 3.63) is 29.3 Å². The van der Waals surface area contributed by atoms with E-state index in [4.69, 9.17) is 0 Å². The normalized spacial score (nSPS) is 12.4. The largest absolute Gasteiger partial charge is 0.508 e. The number of phenols is 1. The number of ketones is 1. The number of aromatic hydroxyl groups is 1. The van der Waals surface area contributed by atoms with E-state index in [-0.39, 0.29) is 11.7 Å². The Hall–Kier alpha value is -1.31. The highest BCUT2D eigenvalue weighted by Crippen LogP contribution is 2.32. The van der Waals surface area contributed by atoms with E-state index in [2.05, 4.69) is 6.92 Å². The van der Waals surface area contributed by atoms with Gasteiger partial charge < -0.3 is 9.90 Å². The SMILES string of the molecule is CCC(CCC(C)=O)c1cc(C)ccc1O. The van der Waals surface area contributed by atoms with Crippen LogP contribution in [0, 0.1) is 6.92 Å². The van der Waals surface area contributed by atoms with Crippen LogP contribution in [0.15, 0.2) is 18.2 Å². The summed E-state index contributed by atoms with van der Waals surface area (Å²) in [4.78, 5) is 11.0. The van der Waals surface area contributed by atoms with E-state index in [0.29, 0.717) is 12.2 Å². The zero-order valence-corrected chi connectivity index (χ0v) is 10.3. The number of hydrogen-bond acceptors (Lipinski definition) is 2. The molecule has 16 heavy (non-hydrogen) atoms. The van der Waals surface area contributed by atoms with Crippen LogP contribution >= 0.6 is 0 Å². The van der Waals surface area contributed by atoms with Gasteiger partial charge >= 0.3 is 0 Å². The lowest BCUT2D eigenvalue weighted by Gasteiger charge is -2.16. The molecule has 1 unspecified atom stereocenters. The van der Waals surface area contributed by atoms with Crippen molar-refractivity contribution in [3.63, 3.8) is 0 Å². The minimum absolute atomic E-state index is 0.214. The lowest BCUT2D eigenvalue weighted by molar-refractivity contribution is -0.117. The topological polar surface area (TPSA) is 37.3 Å². The second kappa shape index (κ2) is 5.69. The van der Waals surface area contributed by atoms with Crippen molar-refractivity contribution in [2.75, 3.05) is 0 Å². The lowest BCUT2D eigenvalue weighted by Crippen LogP contribution is -2.01. The maximum atomic E-state index is 11.0. The summed E-state index contributed by atoms with van der Waals surface area (Å²) in [6, 6.07) is 5.65. The molecule has 0 heterocycles. The van der Waals surface area contributed by atoms with Crippen LogP contribution in [0.25, 0.3) is 0 Å². The van der Waals surface area contributed by atoms with Crippen LogP contribution in [-0.4, -0.2) is 10.9 Å². The van der Waals surface area contributed by atoms with Crippen LogP contribution in [0.4, 0.5) is 0 Å². The molecule has 1 N–H and O–H groups in total. The zero-order chi connectivity index (χ0) is 12.1. The summed E-state index contributed by atoms with van der Waals surface area (Å²) in [5.74, 6) is 0.843. The van der Waals surface area contributed by atoms with Gasteiger partial charge in [0.05, 0.1) is 0 Å². The van der Waals surface area contributed by atoms with Crippen LogP contribution in [0.5, 0.6) is 5.75 Å². The number of aryl methyl sites for hydroxylation is 1. The van der Waals surface area contributed by atoms with Gasteiger partial charge in [-0.15, -0.1) is 0 Å². The Morgan fingerprint density at radius 1 is 1.44 bits per heavy atom. The Bertz CT molecular complexity index is 369. The highest BCUT2D eigenvalue weighted by Gasteiger charge is 2.14. The molecule has 1 atom stereocenters. The molecule has 0 spiro atoms. The highest BCUT2D eigenvalue weighted by atomic mass is 16.3. The van der Waals surface area contributed by atoms with E-state index < -0.39 is 0 Å². The summed E-state index contributed by atoms with van der Waals surface area (Å²) >= 11 is 0. The third kappa shape index (κ3) is 3.37. The van der Waals surface area contributed by atoms with Gasteiger partial charge in [-0.25, -0.2) is 0 Å². The number of benzene rings is 1. The van der Waals surface area contributed by atoms with Crippen LogP contribution in [0.1, 0.15) is 50.2 Å². The number of Topliss-reactive ketones (excluding diaryl/α,β-unsaturated/α-hetero) is 1. The Kier molecular flexibility index (Phi) is 4.53. The molecule has 1 aromatic rings. The molecular weight excluding hydrogens is 200 g/mol. The summed E-state index contributed by atoms with van der Waals surface area (Å²) in [6.45, 7) is 5.72. The molecule has 88 valence electrons. The minimum Gasteiger partial charge on any atom is -0.508 e. The van der Waals surface area contributed by atoms with E-state index in [9.17, 15) is 9.90 Å². The zero-order valence-electron chi connectivity index (χ0n) is 10.3. The van der Waals surface area contributed by atoms with Crippen LogP contribution < -0.4 is 0 Å². The molecule has 0 aliphatic heterocycles. The summed E-state index contributed by atoms with van der Waals surface area (Å²) in [5.41, 5.74) is 2.12. The quantitative estimate of drug-likeness (QED) is 0.823. The second-order valence-electron chi connectivity index (χ2n) is 4.41. The predicted octanol–water partition coefficient (Wildman–Crippen LogP) is 3.56. The molecule has 0 bridgehead atoms. The van der Waals surface area contributed by atoms with Gasteiger partial charge in [-0.2, -0.15) is 0 Å². The van der Waals surface area contributed by atoms with Crippen molar-refractivity contribution in [1.82, 2.24) is 0 Å².